The van der Waals surface area contributed by atoms with E-state index in [1.165, 1.54) is 0 Å². The van der Waals surface area contributed by atoms with Crippen LogP contribution in [-0.2, 0) is 4.79 Å². The van der Waals surface area contributed by atoms with Gasteiger partial charge in [-0.05, 0) is 75.0 Å². The third-order valence-corrected chi connectivity index (χ3v) is 6.23. The molecule has 0 aromatic heterocycles. The van der Waals surface area contributed by atoms with E-state index in [1.807, 2.05) is 45.2 Å². The van der Waals surface area contributed by atoms with Crippen molar-refractivity contribution in [3.8, 4) is 17.2 Å². The molecule has 0 fully saturated rings. The first-order valence-corrected chi connectivity index (χ1v) is 9.78. The average molecular weight is 651 g/mol. The number of phenolic OH excluding ortho intramolecular Hbond substituents is 1. The highest BCUT2D eigenvalue weighted by Gasteiger charge is 2.23. The van der Waals surface area contributed by atoms with Crippen LogP contribution in [0.2, 0.25) is 0 Å². The zero-order valence-corrected chi connectivity index (χ0v) is 18.0. The fourth-order valence-corrected chi connectivity index (χ4v) is 3.50. The van der Waals surface area contributed by atoms with Gasteiger partial charge < -0.3 is 20.7 Å². The molecule has 8 heteroatoms. The minimum absolute atomic E-state index is 0.216. The predicted molar refractivity (Wildman–Crippen MR) is 112 cm³/mol. The number of rotatable bonds is 5. The summed E-state index contributed by atoms with van der Waals surface area (Å²) in [5.74, 6) is 0.459. The highest BCUT2D eigenvalue weighted by atomic mass is 127. The third kappa shape index (κ3) is 4.82. The summed E-state index contributed by atoms with van der Waals surface area (Å²) in [6.07, 6.45) is 0. The van der Waals surface area contributed by atoms with Crippen LogP contribution in [0.5, 0.6) is 17.2 Å². The van der Waals surface area contributed by atoms with Gasteiger partial charge in [-0.15, -0.1) is 0 Å². The van der Waals surface area contributed by atoms with E-state index in [2.05, 4.69) is 22.6 Å². The lowest BCUT2D eigenvalue weighted by atomic mass is 10.1. The number of nitrogens with two attached hydrogens (primary N) is 1. The van der Waals surface area contributed by atoms with E-state index in [1.54, 1.807) is 36.4 Å². The molecule has 0 aliphatic rings. The van der Waals surface area contributed by atoms with Gasteiger partial charge in [-0.1, -0.05) is 34.7 Å². The summed E-state index contributed by atoms with van der Waals surface area (Å²) in [6.45, 7) is 0. The van der Waals surface area contributed by atoms with Gasteiger partial charge in [0.15, 0.2) is 0 Å². The van der Waals surface area contributed by atoms with Crippen molar-refractivity contribution in [2.45, 2.75) is 9.97 Å². The van der Waals surface area contributed by atoms with Crippen LogP contribution in [0.3, 0.4) is 0 Å². The standard InChI is InChI=1S/C15H12I3NO4/c16-9-6-12(10(17)5-11(9)20)23-8-3-1-7(2-4-8)13(18)14(19)15(21)22/h1-6,13-14,20H,19H2,(H,21,22)/t13?,14-/m1/s1. The zero-order chi connectivity index (χ0) is 17.1. The Kier molecular flexibility index (Phi) is 6.74. The van der Waals surface area contributed by atoms with Gasteiger partial charge in [-0.2, -0.15) is 0 Å². The molecule has 0 aliphatic heterocycles. The van der Waals surface area contributed by atoms with Gasteiger partial charge in [0.05, 0.1) is 11.1 Å². The average Bonchev–Trinajstić information content (AvgIpc) is 2.51. The Morgan fingerprint density at radius 1 is 1.13 bits per heavy atom. The van der Waals surface area contributed by atoms with Gasteiger partial charge in [0.2, 0.25) is 0 Å². The maximum Gasteiger partial charge on any atom is 0.321 e. The lowest BCUT2D eigenvalue weighted by Gasteiger charge is -2.15. The molecule has 23 heavy (non-hydrogen) atoms. The van der Waals surface area contributed by atoms with Crippen molar-refractivity contribution in [2.24, 2.45) is 5.73 Å². The second-order valence-electron chi connectivity index (χ2n) is 4.67. The molecule has 0 aliphatic carbocycles. The molecule has 2 atom stereocenters. The lowest BCUT2D eigenvalue weighted by molar-refractivity contribution is -0.138. The SMILES string of the molecule is N[C@@H](C(=O)O)C(I)c1ccc(Oc2cc(I)c(O)cc2I)cc1. The quantitative estimate of drug-likeness (QED) is 0.332. The summed E-state index contributed by atoms with van der Waals surface area (Å²) in [7, 11) is 0. The molecule has 122 valence electrons. The van der Waals surface area contributed by atoms with E-state index >= 15 is 0 Å². The lowest BCUT2D eigenvalue weighted by Crippen LogP contribution is -2.33. The maximum atomic E-state index is 10.9. The molecule has 0 spiro atoms. The topological polar surface area (TPSA) is 92.8 Å². The van der Waals surface area contributed by atoms with Crippen molar-refractivity contribution >= 4 is 73.7 Å². The number of hydrogen-bond acceptors (Lipinski definition) is 4. The van der Waals surface area contributed by atoms with Crippen LogP contribution in [0.25, 0.3) is 0 Å². The fraction of sp³-hybridized carbons (Fsp3) is 0.133. The Morgan fingerprint density at radius 3 is 2.30 bits per heavy atom. The number of halogens is 3. The second-order valence-corrected chi connectivity index (χ2v) is 8.34. The largest absolute Gasteiger partial charge is 0.507 e. The number of phenols is 1. The summed E-state index contributed by atoms with van der Waals surface area (Å²) in [5.41, 5.74) is 6.46. The van der Waals surface area contributed by atoms with Crippen LogP contribution >= 0.6 is 67.8 Å². The summed E-state index contributed by atoms with van der Waals surface area (Å²) in [4.78, 5) is 10.9. The van der Waals surface area contributed by atoms with Crippen molar-refractivity contribution in [1.82, 2.24) is 0 Å². The van der Waals surface area contributed by atoms with Gasteiger partial charge >= 0.3 is 5.97 Å². The predicted octanol–water partition coefficient (Wildman–Crippen LogP) is 4.28. The molecule has 2 aromatic rings. The Morgan fingerprint density at radius 2 is 1.74 bits per heavy atom. The van der Waals surface area contributed by atoms with Crippen LogP contribution in [-0.4, -0.2) is 22.2 Å². The zero-order valence-electron chi connectivity index (χ0n) is 11.5. The van der Waals surface area contributed by atoms with Crippen molar-refractivity contribution in [3.05, 3.63) is 49.1 Å². The summed E-state index contributed by atoms with van der Waals surface area (Å²) >= 11 is 6.14. The first-order chi connectivity index (χ1) is 10.8. The Bertz CT molecular complexity index is 721. The van der Waals surface area contributed by atoms with Gasteiger partial charge in [0.1, 0.15) is 23.3 Å². The van der Waals surface area contributed by atoms with Crippen LogP contribution in [0.4, 0.5) is 0 Å². The van der Waals surface area contributed by atoms with E-state index in [-0.39, 0.29) is 9.67 Å². The van der Waals surface area contributed by atoms with Crippen molar-refractivity contribution in [3.63, 3.8) is 0 Å². The molecule has 2 aromatic carbocycles. The van der Waals surface area contributed by atoms with Gasteiger partial charge in [-0.3, -0.25) is 4.79 Å². The molecular formula is C15H12I3NO4. The molecule has 0 saturated heterocycles. The number of aliphatic carboxylic acids is 1. The smallest absolute Gasteiger partial charge is 0.321 e. The van der Waals surface area contributed by atoms with Crippen LogP contribution < -0.4 is 10.5 Å². The first kappa shape index (κ1) is 19.0. The summed E-state index contributed by atoms with van der Waals surface area (Å²) in [5, 5.41) is 18.6. The third-order valence-electron chi connectivity index (χ3n) is 3.03. The monoisotopic (exact) mass is 651 g/mol. The fourth-order valence-electron chi connectivity index (χ4n) is 1.78. The molecule has 1 unspecified atom stereocenters. The highest BCUT2D eigenvalue weighted by molar-refractivity contribution is 14.1. The number of carbonyl (C=O) groups is 1. The van der Waals surface area contributed by atoms with E-state index in [9.17, 15) is 9.90 Å². The number of benzene rings is 2. The van der Waals surface area contributed by atoms with Gasteiger partial charge in [-0.25, -0.2) is 0 Å². The number of hydrogen-bond donors (Lipinski definition) is 3. The normalized spacial score (nSPS) is 13.4. The first-order valence-electron chi connectivity index (χ1n) is 6.38. The number of carboxylic acid groups (broad SMARTS) is 1. The minimum Gasteiger partial charge on any atom is -0.507 e. The number of ether oxygens (including phenoxy) is 1. The van der Waals surface area contributed by atoms with Crippen molar-refractivity contribution in [2.75, 3.05) is 0 Å². The number of alkyl halides is 1. The molecule has 5 nitrogen and oxygen atoms in total. The number of carboxylic acids is 1. The Balaban J connectivity index is 2.17. The highest BCUT2D eigenvalue weighted by Crippen LogP contribution is 2.34. The molecule has 4 N–H and O–H groups in total. The van der Waals surface area contributed by atoms with Crippen molar-refractivity contribution in [1.29, 1.82) is 0 Å². The van der Waals surface area contributed by atoms with E-state index in [4.69, 9.17) is 15.6 Å². The Hall–Kier alpha value is -0.340. The van der Waals surface area contributed by atoms with E-state index in [0.29, 0.717) is 15.1 Å². The minimum atomic E-state index is -1.03. The molecule has 0 saturated carbocycles. The molecule has 0 amide bonds. The van der Waals surface area contributed by atoms with Crippen LogP contribution in [0.15, 0.2) is 36.4 Å². The second kappa shape index (κ2) is 8.16. The molecular weight excluding hydrogens is 639 g/mol. The molecule has 0 heterocycles. The van der Waals surface area contributed by atoms with Gasteiger partial charge in [0.25, 0.3) is 0 Å². The summed E-state index contributed by atoms with van der Waals surface area (Å²) < 4.78 is 6.99. The van der Waals surface area contributed by atoms with Crippen LogP contribution in [0, 0.1) is 7.14 Å². The molecule has 0 bridgehead atoms. The molecule has 0 radical (unpaired) electrons. The van der Waals surface area contributed by atoms with E-state index in [0.717, 1.165) is 9.13 Å². The van der Waals surface area contributed by atoms with Crippen LogP contribution in [0.1, 0.15) is 9.49 Å². The summed E-state index contributed by atoms with van der Waals surface area (Å²) in [6, 6.07) is 9.57. The van der Waals surface area contributed by atoms with E-state index < -0.39 is 12.0 Å². The maximum absolute atomic E-state index is 10.9. The molecule has 2 rings (SSSR count). The number of aromatic hydroxyl groups is 1. The van der Waals surface area contributed by atoms with Gasteiger partial charge in [0, 0.05) is 0 Å². The Labute approximate surface area is 174 Å². The van der Waals surface area contributed by atoms with Crippen molar-refractivity contribution < 1.29 is 19.7 Å².